The van der Waals surface area contributed by atoms with Gasteiger partial charge in [0, 0.05) is 5.56 Å². The van der Waals surface area contributed by atoms with Crippen LogP contribution < -0.4 is 14.9 Å². The first-order valence-corrected chi connectivity index (χ1v) is 10.9. The number of furan rings is 1. The number of hydrogen-bond acceptors (Lipinski definition) is 9. The van der Waals surface area contributed by atoms with E-state index >= 15 is 0 Å². The van der Waals surface area contributed by atoms with E-state index in [1.165, 1.54) is 49.8 Å². The number of hydrogen-bond donors (Lipinski definition) is 2. The molecule has 0 atom stereocenters. The van der Waals surface area contributed by atoms with Crippen LogP contribution in [0.3, 0.4) is 0 Å². The third kappa shape index (κ3) is 4.95. The summed E-state index contributed by atoms with van der Waals surface area (Å²) in [6, 6.07) is 13.4. The average molecular weight is 497 g/mol. The molecule has 1 saturated heterocycles. The Bertz CT molecular complexity index is 1300. The average Bonchev–Trinajstić information content (AvgIpc) is 3.45. The Morgan fingerprint density at radius 3 is 2.59 bits per heavy atom. The topological polar surface area (TPSA) is 118 Å². The first-order chi connectivity index (χ1) is 16.4. The van der Waals surface area contributed by atoms with Crippen molar-refractivity contribution in [2.24, 2.45) is 0 Å². The highest BCUT2D eigenvalue weighted by atomic mass is 32.2. The highest BCUT2D eigenvalue weighted by Gasteiger charge is 2.34. The fourth-order valence-corrected chi connectivity index (χ4v) is 4.08. The molecule has 172 valence electrons. The number of thiocarbonyl (C=S) groups is 1. The third-order valence-electron chi connectivity index (χ3n) is 4.55. The molecule has 2 N–H and O–H groups in total. The molecule has 1 fully saturated rings. The number of ether oxygens (including phenoxy) is 2. The molecule has 2 aromatic carbocycles. The number of phenolic OH excluding ortho intramolecular Hbond substituents is 1. The molecule has 34 heavy (non-hydrogen) atoms. The number of aromatic hydroxyl groups is 1. The van der Waals surface area contributed by atoms with Crippen molar-refractivity contribution in [3.05, 3.63) is 82.7 Å². The number of nitrogens with one attached hydrogen (secondary N) is 1. The zero-order chi connectivity index (χ0) is 24.2. The highest BCUT2D eigenvalue weighted by molar-refractivity contribution is 8.26. The number of thioether (sulfide) groups is 1. The maximum atomic E-state index is 12.8. The number of rotatable bonds is 6. The van der Waals surface area contributed by atoms with Crippen LogP contribution >= 0.6 is 24.0 Å². The number of carbonyl (C=O) groups is 3. The Hall–Kier alpha value is -4.09. The maximum Gasteiger partial charge on any atom is 0.379 e. The molecule has 0 aliphatic carbocycles. The second-order valence-corrected chi connectivity index (χ2v) is 8.46. The molecule has 2 heterocycles. The molecule has 9 nitrogen and oxygen atoms in total. The van der Waals surface area contributed by atoms with Crippen molar-refractivity contribution in [2.75, 3.05) is 7.11 Å². The number of nitrogens with zero attached hydrogens (tertiary/aromatic N) is 1. The first kappa shape index (κ1) is 23.1. The zero-order valence-corrected chi connectivity index (χ0v) is 19.1. The zero-order valence-electron chi connectivity index (χ0n) is 17.5. The molecule has 2 amide bonds. The lowest BCUT2D eigenvalue weighted by atomic mass is 10.2. The summed E-state index contributed by atoms with van der Waals surface area (Å²) in [4.78, 5) is 37.7. The molecule has 0 spiro atoms. The van der Waals surface area contributed by atoms with Gasteiger partial charge in [-0.25, -0.2) is 4.79 Å². The van der Waals surface area contributed by atoms with Gasteiger partial charge < -0.3 is 19.0 Å². The number of benzene rings is 2. The number of esters is 1. The molecular weight excluding hydrogens is 480 g/mol. The van der Waals surface area contributed by atoms with Gasteiger partial charge in [0.1, 0.15) is 5.75 Å². The molecule has 0 unspecified atom stereocenters. The van der Waals surface area contributed by atoms with Gasteiger partial charge in [-0.3, -0.25) is 15.0 Å². The van der Waals surface area contributed by atoms with Gasteiger partial charge in [-0.1, -0.05) is 17.8 Å². The summed E-state index contributed by atoms with van der Waals surface area (Å²) in [6.45, 7) is 0. The Kier molecular flexibility index (Phi) is 6.66. The van der Waals surface area contributed by atoms with Crippen molar-refractivity contribution in [2.45, 2.75) is 0 Å². The Balaban J connectivity index is 1.49. The van der Waals surface area contributed by atoms with Gasteiger partial charge in [-0.05, 0) is 72.4 Å². The number of phenols is 1. The quantitative estimate of drug-likeness (QED) is 0.228. The summed E-state index contributed by atoms with van der Waals surface area (Å²) < 4.78 is 15.8. The van der Waals surface area contributed by atoms with E-state index in [0.29, 0.717) is 5.56 Å². The van der Waals surface area contributed by atoms with E-state index in [1.54, 1.807) is 24.3 Å². The maximum absolute atomic E-state index is 12.8. The van der Waals surface area contributed by atoms with Crippen molar-refractivity contribution in [3.63, 3.8) is 0 Å². The number of methoxy groups -OCH3 is 1. The van der Waals surface area contributed by atoms with Crippen molar-refractivity contribution in [1.82, 2.24) is 10.4 Å². The fraction of sp³-hybridized carbons (Fsp3) is 0.0435. The normalized spacial score (nSPS) is 14.4. The Morgan fingerprint density at radius 1 is 1.15 bits per heavy atom. The van der Waals surface area contributed by atoms with Crippen molar-refractivity contribution >= 4 is 52.2 Å². The minimum atomic E-state index is -0.679. The van der Waals surface area contributed by atoms with Crippen LogP contribution in [0.25, 0.3) is 6.08 Å². The molecule has 1 aromatic heterocycles. The smallest absolute Gasteiger partial charge is 0.379 e. The van der Waals surface area contributed by atoms with E-state index in [-0.39, 0.29) is 37.8 Å². The predicted molar refractivity (Wildman–Crippen MR) is 127 cm³/mol. The van der Waals surface area contributed by atoms with E-state index in [1.807, 2.05) is 0 Å². The van der Waals surface area contributed by atoms with Gasteiger partial charge in [-0.2, -0.15) is 5.01 Å². The predicted octanol–water partition coefficient (Wildman–Crippen LogP) is 3.76. The molecule has 0 bridgehead atoms. The summed E-state index contributed by atoms with van der Waals surface area (Å²) in [5, 5.41) is 10.3. The van der Waals surface area contributed by atoms with Gasteiger partial charge in [0.05, 0.1) is 18.3 Å². The molecule has 3 aromatic rings. The lowest BCUT2D eigenvalue weighted by molar-refractivity contribution is -0.123. The summed E-state index contributed by atoms with van der Waals surface area (Å²) in [6.07, 6.45) is 2.94. The second kappa shape index (κ2) is 9.81. The van der Waals surface area contributed by atoms with Crippen LogP contribution in [0.2, 0.25) is 0 Å². The minimum Gasteiger partial charge on any atom is -0.508 e. The van der Waals surface area contributed by atoms with Crippen LogP contribution in [-0.4, -0.2) is 39.3 Å². The second-order valence-electron chi connectivity index (χ2n) is 6.78. The molecule has 1 aliphatic rings. The highest BCUT2D eigenvalue weighted by Crippen LogP contribution is 2.34. The molecule has 11 heteroatoms. The Morgan fingerprint density at radius 2 is 1.91 bits per heavy atom. The third-order valence-corrected chi connectivity index (χ3v) is 5.85. The van der Waals surface area contributed by atoms with Crippen LogP contribution in [0.1, 0.15) is 26.5 Å². The summed E-state index contributed by atoms with van der Waals surface area (Å²) in [7, 11) is 1.42. The Labute approximate surface area is 202 Å². The largest absolute Gasteiger partial charge is 0.508 e. The van der Waals surface area contributed by atoms with Crippen LogP contribution in [0.15, 0.2) is 70.2 Å². The summed E-state index contributed by atoms with van der Waals surface area (Å²) in [5.74, 6) is -1.23. The van der Waals surface area contributed by atoms with Crippen molar-refractivity contribution in [3.8, 4) is 17.2 Å². The van der Waals surface area contributed by atoms with Gasteiger partial charge in [0.15, 0.2) is 15.8 Å². The van der Waals surface area contributed by atoms with E-state index in [2.05, 4.69) is 5.43 Å². The van der Waals surface area contributed by atoms with Crippen LogP contribution in [0.4, 0.5) is 0 Å². The lowest BCUT2D eigenvalue weighted by Gasteiger charge is -2.15. The van der Waals surface area contributed by atoms with Crippen LogP contribution in [0.5, 0.6) is 17.2 Å². The molecular formula is C23H16N2O7S2. The number of amides is 2. The number of hydrazine groups is 1. The number of carbonyl (C=O) groups excluding carboxylic acids is 3. The fourth-order valence-electron chi connectivity index (χ4n) is 2.90. The molecule has 4 rings (SSSR count). The standard InChI is InChI=1S/C23H16N2O7S2/c1-30-18-11-13(4-9-16(18)32-22(29)17-3-2-10-31-17)12-19-21(28)25(23(33)34-19)24-20(27)14-5-7-15(26)8-6-14/h2-12,26H,1H3,(H,24,27)/b19-12-. The van der Waals surface area contributed by atoms with Gasteiger partial charge in [-0.15, -0.1) is 0 Å². The molecule has 0 radical (unpaired) electrons. The van der Waals surface area contributed by atoms with Crippen LogP contribution in [-0.2, 0) is 4.79 Å². The van der Waals surface area contributed by atoms with E-state index in [4.69, 9.17) is 26.1 Å². The van der Waals surface area contributed by atoms with Gasteiger partial charge >= 0.3 is 5.97 Å². The summed E-state index contributed by atoms with van der Waals surface area (Å²) in [5.41, 5.74) is 3.30. The summed E-state index contributed by atoms with van der Waals surface area (Å²) >= 11 is 6.26. The molecule has 0 saturated carbocycles. The molecule has 1 aliphatic heterocycles. The monoisotopic (exact) mass is 496 g/mol. The lowest BCUT2D eigenvalue weighted by Crippen LogP contribution is -2.44. The van der Waals surface area contributed by atoms with E-state index < -0.39 is 17.8 Å². The van der Waals surface area contributed by atoms with Crippen molar-refractivity contribution in [1.29, 1.82) is 0 Å². The van der Waals surface area contributed by atoms with Crippen LogP contribution in [0, 0.1) is 0 Å². The van der Waals surface area contributed by atoms with Gasteiger partial charge in [0.25, 0.3) is 11.8 Å². The first-order valence-electron chi connectivity index (χ1n) is 9.67. The minimum absolute atomic E-state index is 0.0160. The SMILES string of the molecule is COc1cc(/C=C2\SC(=S)N(NC(=O)c3ccc(O)cc3)C2=O)ccc1OC(=O)c1ccco1. The van der Waals surface area contributed by atoms with Crippen molar-refractivity contribution < 1.29 is 33.4 Å². The van der Waals surface area contributed by atoms with E-state index in [9.17, 15) is 19.5 Å². The van der Waals surface area contributed by atoms with Gasteiger partial charge in [0.2, 0.25) is 5.76 Å². The van der Waals surface area contributed by atoms with E-state index in [0.717, 1.165) is 16.8 Å².